The van der Waals surface area contributed by atoms with Gasteiger partial charge in [0.1, 0.15) is 0 Å². The molecular formula is C12H11ClN6S. The van der Waals surface area contributed by atoms with Crippen LogP contribution in [0, 0.1) is 0 Å². The van der Waals surface area contributed by atoms with Crippen molar-refractivity contribution in [3.63, 3.8) is 0 Å². The van der Waals surface area contributed by atoms with Crippen molar-refractivity contribution < 1.29 is 0 Å². The molecule has 3 aromatic heterocycles. The van der Waals surface area contributed by atoms with Crippen molar-refractivity contribution >= 4 is 28.9 Å². The number of hydrogen-bond donors (Lipinski definition) is 0. The Morgan fingerprint density at radius 2 is 2.25 bits per heavy atom. The summed E-state index contributed by atoms with van der Waals surface area (Å²) in [5.41, 5.74) is 1.20. The van der Waals surface area contributed by atoms with Gasteiger partial charge in [-0.05, 0) is 40.1 Å². The van der Waals surface area contributed by atoms with Crippen LogP contribution in [0.1, 0.15) is 5.56 Å². The van der Waals surface area contributed by atoms with Gasteiger partial charge in [-0.25, -0.2) is 4.68 Å². The fraction of sp³-hybridized carbons (Fsp3) is 0.167. The van der Waals surface area contributed by atoms with Crippen molar-refractivity contribution in [3.05, 3.63) is 46.1 Å². The zero-order chi connectivity index (χ0) is 13.9. The lowest BCUT2D eigenvalue weighted by Gasteiger charge is -2.16. The highest BCUT2D eigenvalue weighted by atomic mass is 35.5. The van der Waals surface area contributed by atoms with E-state index in [1.165, 1.54) is 5.56 Å². The Morgan fingerprint density at radius 3 is 2.95 bits per heavy atom. The minimum atomic E-state index is 0.151. The molecule has 3 heterocycles. The molecule has 8 heteroatoms. The Hall–Kier alpha value is -1.99. The van der Waals surface area contributed by atoms with Crippen LogP contribution in [-0.4, -0.2) is 31.8 Å². The lowest BCUT2D eigenvalue weighted by atomic mass is 10.3. The number of thiophene rings is 1. The normalized spacial score (nSPS) is 10.7. The maximum absolute atomic E-state index is 5.96. The number of hydrogen-bond acceptors (Lipinski definition) is 6. The molecule has 0 unspecified atom stereocenters. The van der Waals surface area contributed by atoms with Crippen molar-refractivity contribution in [2.75, 3.05) is 11.9 Å². The second-order valence-electron chi connectivity index (χ2n) is 4.14. The molecule has 0 radical (unpaired) electrons. The summed E-state index contributed by atoms with van der Waals surface area (Å²) in [6.07, 6.45) is 3.42. The van der Waals surface area contributed by atoms with Crippen LogP contribution >= 0.6 is 22.9 Å². The Morgan fingerprint density at radius 1 is 1.35 bits per heavy atom. The van der Waals surface area contributed by atoms with Crippen molar-refractivity contribution in [1.29, 1.82) is 0 Å². The molecule has 0 spiro atoms. The zero-order valence-corrected chi connectivity index (χ0v) is 12.2. The topological polar surface area (TPSA) is 59.7 Å². The molecule has 0 aliphatic carbocycles. The van der Waals surface area contributed by atoms with Gasteiger partial charge in [0.25, 0.3) is 5.95 Å². The van der Waals surface area contributed by atoms with Gasteiger partial charge in [-0.15, -0.1) is 0 Å². The molecule has 3 rings (SSSR count). The molecule has 0 atom stereocenters. The smallest absolute Gasteiger partial charge is 0.256 e. The molecule has 0 saturated carbocycles. The van der Waals surface area contributed by atoms with Crippen LogP contribution in [0.25, 0.3) is 5.95 Å². The largest absolute Gasteiger partial charge is 0.339 e. The number of aromatic nitrogens is 5. The number of nitrogens with zero attached hydrogens (tertiary/aromatic N) is 6. The summed E-state index contributed by atoms with van der Waals surface area (Å²) >= 11 is 7.63. The third-order valence-electron chi connectivity index (χ3n) is 2.64. The van der Waals surface area contributed by atoms with Gasteiger partial charge in [0.2, 0.25) is 11.2 Å². The monoisotopic (exact) mass is 306 g/mol. The van der Waals surface area contributed by atoms with Crippen LogP contribution in [-0.2, 0) is 6.54 Å². The van der Waals surface area contributed by atoms with Gasteiger partial charge in [0, 0.05) is 26.0 Å². The molecule has 102 valence electrons. The van der Waals surface area contributed by atoms with Crippen LogP contribution < -0.4 is 4.90 Å². The van der Waals surface area contributed by atoms with E-state index < -0.39 is 0 Å². The highest BCUT2D eigenvalue weighted by Crippen LogP contribution is 2.15. The minimum absolute atomic E-state index is 0.151. The quantitative estimate of drug-likeness (QED) is 0.741. The summed E-state index contributed by atoms with van der Waals surface area (Å²) in [6, 6.07) is 3.87. The summed E-state index contributed by atoms with van der Waals surface area (Å²) in [6.45, 7) is 0.711. The van der Waals surface area contributed by atoms with E-state index in [2.05, 4.69) is 31.5 Å². The van der Waals surface area contributed by atoms with E-state index in [4.69, 9.17) is 11.6 Å². The predicted octanol–water partition coefficient (Wildman–Crippen LogP) is 2.41. The average molecular weight is 307 g/mol. The van der Waals surface area contributed by atoms with Gasteiger partial charge in [0.15, 0.2) is 0 Å². The molecule has 0 amide bonds. The molecule has 6 nitrogen and oxygen atoms in total. The summed E-state index contributed by atoms with van der Waals surface area (Å²) in [5, 5.41) is 8.37. The summed E-state index contributed by atoms with van der Waals surface area (Å²) < 4.78 is 1.55. The Balaban J connectivity index is 1.89. The highest BCUT2D eigenvalue weighted by Gasteiger charge is 2.11. The second kappa shape index (κ2) is 5.56. The first-order chi connectivity index (χ1) is 9.72. The summed E-state index contributed by atoms with van der Waals surface area (Å²) in [7, 11) is 1.91. The van der Waals surface area contributed by atoms with Crippen LogP contribution in [0.15, 0.2) is 35.3 Å². The third-order valence-corrected chi connectivity index (χ3v) is 3.54. The van der Waals surface area contributed by atoms with Crippen molar-refractivity contribution in [2.45, 2.75) is 6.54 Å². The van der Waals surface area contributed by atoms with E-state index in [0.29, 0.717) is 18.4 Å². The Kier molecular flexibility index (Phi) is 3.62. The zero-order valence-electron chi connectivity index (χ0n) is 10.6. The van der Waals surface area contributed by atoms with Crippen LogP contribution in [0.4, 0.5) is 5.95 Å². The number of anilines is 1. The number of rotatable bonds is 4. The standard InChI is InChI=1S/C12H11ClN6S/c1-18(7-9-3-6-20-8-9)11-15-10(13)16-12(17-11)19-5-2-4-14-19/h2-6,8H,7H2,1H3. The molecule has 0 N–H and O–H groups in total. The predicted molar refractivity (Wildman–Crippen MR) is 78.4 cm³/mol. The fourth-order valence-electron chi connectivity index (χ4n) is 1.72. The molecule has 0 aliphatic rings. The van der Waals surface area contributed by atoms with E-state index >= 15 is 0 Å². The maximum Gasteiger partial charge on any atom is 0.256 e. The highest BCUT2D eigenvalue weighted by molar-refractivity contribution is 7.07. The second-order valence-corrected chi connectivity index (χ2v) is 5.26. The third kappa shape index (κ3) is 2.78. The Bertz CT molecular complexity index is 682. The SMILES string of the molecule is CN(Cc1ccsc1)c1nc(Cl)nc(-n2cccn2)n1. The van der Waals surface area contributed by atoms with Crippen molar-refractivity contribution in [3.8, 4) is 5.95 Å². The van der Waals surface area contributed by atoms with Crippen LogP contribution in [0.5, 0.6) is 0 Å². The van der Waals surface area contributed by atoms with Gasteiger partial charge in [-0.2, -0.15) is 31.4 Å². The fourth-order valence-corrected chi connectivity index (χ4v) is 2.53. The molecule has 20 heavy (non-hydrogen) atoms. The average Bonchev–Trinajstić information content (AvgIpc) is 3.11. The molecule has 0 bridgehead atoms. The molecule has 0 saturated heterocycles. The Labute approximate surface area is 124 Å². The van der Waals surface area contributed by atoms with Gasteiger partial charge in [-0.1, -0.05) is 0 Å². The van der Waals surface area contributed by atoms with Crippen molar-refractivity contribution in [1.82, 2.24) is 24.7 Å². The first-order valence-corrected chi connectivity index (χ1v) is 7.18. The van der Waals surface area contributed by atoms with Gasteiger partial charge in [-0.3, -0.25) is 0 Å². The van der Waals surface area contributed by atoms with E-state index in [1.807, 2.05) is 17.3 Å². The summed E-state index contributed by atoms with van der Waals surface area (Å²) in [4.78, 5) is 14.5. The first-order valence-electron chi connectivity index (χ1n) is 5.86. The van der Waals surface area contributed by atoms with E-state index in [0.717, 1.165) is 0 Å². The van der Waals surface area contributed by atoms with E-state index in [9.17, 15) is 0 Å². The molecule has 3 aromatic rings. The first kappa shape index (κ1) is 13.0. The number of halogens is 1. The van der Waals surface area contributed by atoms with Gasteiger partial charge in [0.05, 0.1) is 0 Å². The van der Waals surface area contributed by atoms with Crippen LogP contribution in [0.3, 0.4) is 0 Å². The van der Waals surface area contributed by atoms with Gasteiger partial charge >= 0.3 is 0 Å². The van der Waals surface area contributed by atoms with Gasteiger partial charge < -0.3 is 4.90 Å². The summed E-state index contributed by atoms with van der Waals surface area (Å²) in [5.74, 6) is 0.920. The van der Waals surface area contributed by atoms with E-state index in [-0.39, 0.29) is 5.28 Å². The molecule has 0 fully saturated rings. The van der Waals surface area contributed by atoms with Crippen molar-refractivity contribution in [2.24, 2.45) is 0 Å². The lowest BCUT2D eigenvalue weighted by Crippen LogP contribution is -2.20. The molecular weight excluding hydrogens is 296 g/mol. The van der Waals surface area contributed by atoms with E-state index in [1.54, 1.807) is 34.5 Å². The maximum atomic E-state index is 5.96. The lowest BCUT2D eigenvalue weighted by molar-refractivity contribution is 0.773. The van der Waals surface area contributed by atoms with Crippen LogP contribution in [0.2, 0.25) is 5.28 Å². The molecule has 0 aliphatic heterocycles. The minimum Gasteiger partial charge on any atom is -0.339 e. The molecule has 0 aromatic carbocycles.